The summed E-state index contributed by atoms with van der Waals surface area (Å²) in [6, 6.07) is 7.71. The van der Waals surface area contributed by atoms with Gasteiger partial charge in [0.05, 0.1) is 18.2 Å². The topological polar surface area (TPSA) is 93.6 Å². The molecule has 0 saturated carbocycles. The molecular weight excluding hydrogens is 621 g/mol. The van der Waals surface area contributed by atoms with Gasteiger partial charge < -0.3 is 15.3 Å². The van der Waals surface area contributed by atoms with E-state index >= 15 is 0 Å². The van der Waals surface area contributed by atoms with Crippen LogP contribution in [0, 0.1) is 14.1 Å². The molecular formula is C22H27I2NaO5. The van der Waals surface area contributed by atoms with Crippen LogP contribution in [0.1, 0.15) is 63.7 Å². The number of esters is 1. The third-order valence-electron chi connectivity index (χ3n) is 4.44. The molecule has 0 aliphatic carbocycles. The molecule has 0 aliphatic heterocycles. The number of carboxylic acid groups (broad SMARTS) is 1. The first kappa shape index (κ1) is 32.0. The Morgan fingerprint density at radius 3 is 1.77 bits per heavy atom. The molecule has 5 nitrogen and oxygen atoms in total. The molecule has 160 valence electrons. The zero-order chi connectivity index (χ0) is 21.4. The first-order valence-electron chi connectivity index (χ1n) is 9.11. The van der Waals surface area contributed by atoms with Crippen LogP contribution in [-0.2, 0) is 24.0 Å². The number of carboxylic acids is 1. The number of aryl methyl sites for hydroxylation is 4. The van der Waals surface area contributed by atoms with Gasteiger partial charge in [-0.3, -0.25) is 0 Å². The molecule has 0 atom stereocenters. The Labute approximate surface area is 228 Å². The van der Waals surface area contributed by atoms with Crippen LogP contribution < -0.4 is 29.6 Å². The minimum atomic E-state index is -0.838. The minimum absolute atomic E-state index is 0. The van der Waals surface area contributed by atoms with Gasteiger partial charge in [-0.1, -0.05) is 32.9 Å². The molecule has 8 heteroatoms. The van der Waals surface area contributed by atoms with Crippen LogP contribution in [0.3, 0.4) is 0 Å². The van der Waals surface area contributed by atoms with Crippen molar-refractivity contribution in [1.82, 2.24) is 0 Å². The number of halogens is 2. The summed E-state index contributed by atoms with van der Waals surface area (Å²) in [6.45, 7) is 8.13. The van der Waals surface area contributed by atoms with Crippen LogP contribution in [-0.4, -0.2) is 29.6 Å². The van der Waals surface area contributed by atoms with Gasteiger partial charge in [-0.2, -0.15) is 0 Å². The maximum absolute atomic E-state index is 11.5. The van der Waals surface area contributed by atoms with Crippen molar-refractivity contribution in [3.63, 3.8) is 0 Å². The third-order valence-corrected chi connectivity index (χ3v) is 6.60. The molecule has 0 amide bonds. The fraction of sp³-hybridized carbons (Fsp3) is 0.364. The smallest absolute Gasteiger partial charge is 0.870 e. The van der Waals surface area contributed by atoms with Crippen molar-refractivity contribution in [2.45, 2.75) is 47.0 Å². The van der Waals surface area contributed by atoms with Gasteiger partial charge >= 0.3 is 41.5 Å². The monoisotopic (exact) mass is 648 g/mol. The predicted octanol–water partition coefficient (Wildman–Crippen LogP) is 2.89. The second-order valence-corrected chi connectivity index (χ2v) is 8.54. The largest absolute Gasteiger partial charge is 1.00 e. The Morgan fingerprint density at radius 1 is 0.867 bits per heavy atom. The standard InChI is InChI=1S/C12H15IO2.C10H11IO2.Na.H2O/c1-4-8-6-9(5-2)11(13)7-10(8)12(14)15-3;1-3-7-4-6(2)9(11)5-8(7)10(12)13;;/h6-7H,4-5H2,1-3H3;4-5H,3H2,1-2H3,(H,12,13);;1H2/q;;+1;/p-1. The van der Waals surface area contributed by atoms with Crippen LogP contribution in [0.25, 0.3) is 0 Å². The molecule has 0 bridgehead atoms. The first-order chi connectivity index (χ1) is 13.2. The van der Waals surface area contributed by atoms with Crippen LogP contribution >= 0.6 is 45.2 Å². The summed E-state index contributed by atoms with van der Waals surface area (Å²) in [7, 11) is 1.42. The van der Waals surface area contributed by atoms with Crippen molar-refractivity contribution >= 4 is 57.1 Å². The van der Waals surface area contributed by atoms with E-state index in [0.29, 0.717) is 11.1 Å². The fourth-order valence-electron chi connectivity index (χ4n) is 2.77. The van der Waals surface area contributed by atoms with Gasteiger partial charge in [-0.15, -0.1) is 0 Å². The van der Waals surface area contributed by atoms with E-state index < -0.39 is 5.97 Å². The van der Waals surface area contributed by atoms with Gasteiger partial charge in [0, 0.05) is 7.14 Å². The number of hydrogen-bond acceptors (Lipinski definition) is 4. The van der Waals surface area contributed by atoms with Crippen molar-refractivity contribution in [3.05, 3.63) is 64.8 Å². The minimum Gasteiger partial charge on any atom is -0.870 e. The summed E-state index contributed by atoms with van der Waals surface area (Å²) in [5.41, 5.74) is 5.53. The van der Waals surface area contributed by atoms with Crippen molar-refractivity contribution in [3.8, 4) is 0 Å². The van der Waals surface area contributed by atoms with Crippen molar-refractivity contribution < 1.29 is 54.5 Å². The van der Waals surface area contributed by atoms with E-state index in [4.69, 9.17) is 9.84 Å². The Morgan fingerprint density at radius 2 is 1.33 bits per heavy atom. The van der Waals surface area contributed by atoms with Gasteiger partial charge in [0.15, 0.2) is 0 Å². The van der Waals surface area contributed by atoms with E-state index in [1.807, 2.05) is 32.9 Å². The Hall–Kier alpha value is -0.200. The molecule has 0 unspecified atom stereocenters. The van der Waals surface area contributed by atoms with Crippen molar-refractivity contribution in [1.29, 1.82) is 0 Å². The summed E-state index contributed by atoms with van der Waals surface area (Å²) >= 11 is 4.41. The van der Waals surface area contributed by atoms with Gasteiger partial charge in [-0.05, 0) is 106 Å². The Kier molecular flexibility index (Phi) is 16.6. The maximum Gasteiger partial charge on any atom is 1.00 e. The van der Waals surface area contributed by atoms with Crippen molar-refractivity contribution in [2.24, 2.45) is 0 Å². The molecule has 0 heterocycles. The average Bonchev–Trinajstić information content (AvgIpc) is 2.69. The molecule has 0 fully saturated rings. The summed E-state index contributed by atoms with van der Waals surface area (Å²) in [4.78, 5) is 22.4. The van der Waals surface area contributed by atoms with Crippen LogP contribution in [0.2, 0.25) is 0 Å². The number of ether oxygens (including phenoxy) is 1. The summed E-state index contributed by atoms with van der Waals surface area (Å²) in [6.07, 6.45) is 2.61. The third kappa shape index (κ3) is 8.74. The van der Waals surface area contributed by atoms with Crippen molar-refractivity contribution in [2.75, 3.05) is 7.11 Å². The van der Waals surface area contributed by atoms with Gasteiger partial charge in [0.1, 0.15) is 0 Å². The van der Waals surface area contributed by atoms with Crippen LogP contribution in [0.5, 0.6) is 0 Å². The summed E-state index contributed by atoms with van der Waals surface area (Å²) in [5.74, 6) is -1.08. The second-order valence-electron chi connectivity index (χ2n) is 6.22. The second kappa shape index (κ2) is 15.6. The van der Waals surface area contributed by atoms with Gasteiger partial charge in [0.2, 0.25) is 0 Å². The quantitative estimate of drug-likeness (QED) is 0.306. The Balaban J connectivity index is 0. The zero-order valence-electron chi connectivity index (χ0n) is 18.3. The number of carbonyl (C=O) groups is 2. The molecule has 30 heavy (non-hydrogen) atoms. The fourth-order valence-corrected chi connectivity index (χ4v) is 4.08. The van der Waals surface area contributed by atoms with E-state index in [0.717, 1.165) is 43.1 Å². The summed E-state index contributed by atoms with van der Waals surface area (Å²) in [5, 5.41) is 8.91. The normalized spacial score (nSPS) is 9.43. The first-order valence-corrected chi connectivity index (χ1v) is 11.3. The molecule has 2 aromatic carbocycles. The molecule has 0 aliphatic rings. The van der Waals surface area contributed by atoms with E-state index in [-0.39, 0.29) is 41.0 Å². The summed E-state index contributed by atoms with van der Waals surface area (Å²) < 4.78 is 6.90. The molecule has 0 radical (unpaired) electrons. The molecule has 2 aromatic rings. The predicted molar refractivity (Wildman–Crippen MR) is 131 cm³/mol. The SMILES string of the molecule is CCc1cc(C)c(I)cc1C(=O)O.CCc1cc(CC)c(C(=O)OC)cc1I.[Na+].[OH-]. The molecule has 2 N–H and O–H groups in total. The number of rotatable bonds is 5. The molecule has 0 aromatic heterocycles. The number of carbonyl (C=O) groups excluding carboxylic acids is 1. The number of benzene rings is 2. The van der Waals surface area contributed by atoms with E-state index in [1.165, 1.54) is 12.7 Å². The zero-order valence-corrected chi connectivity index (χ0v) is 24.6. The number of aromatic carboxylic acids is 1. The molecule has 2 rings (SSSR count). The van der Waals surface area contributed by atoms with E-state index in [1.54, 1.807) is 6.07 Å². The molecule has 0 spiro atoms. The van der Waals surface area contributed by atoms with E-state index in [9.17, 15) is 9.59 Å². The average molecular weight is 648 g/mol. The van der Waals surface area contributed by atoms with Crippen LogP contribution in [0.15, 0.2) is 24.3 Å². The van der Waals surface area contributed by atoms with Gasteiger partial charge in [-0.25, -0.2) is 9.59 Å². The number of methoxy groups -OCH3 is 1. The Bertz CT molecular complexity index is 869. The maximum atomic E-state index is 11.5. The number of hydrogen-bond donors (Lipinski definition) is 1. The molecule has 0 saturated heterocycles. The van der Waals surface area contributed by atoms with E-state index in [2.05, 4.69) is 58.2 Å². The van der Waals surface area contributed by atoms with Crippen LogP contribution in [0.4, 0.5) is 0 Å². The van der Waals surface area contributed by atoms with Gasteiger partial charge in [0.25, 0.3) is 0 Å².